The van der Waals surface area contributed by atoms with Crippen LogP contribution in [0, 0.1) is 0 Å². The van der Waals surface area contributed by atoms with E-state index in [0.29, 0.717) is 5.69 Å². The molecule has 0 saturated carbocycles. The molecule has 0 saturated heterocycles. The van der Waals surface area contributed by atoms with Crippen LogP contribution in [-0.4, -0.2) is 10.1 Å². The fourth-order valence-corrected chi connectivity index (χ4v) is 2.89. The van der Waals surface area contributed by atoms with Gasteiger partial charge >= 0.3 is 0 Å². The zero-order chi connectivity index (χ0) is 11.7. The van der Waals surface area contributed by atoms with Crippen molar-refractivity contribution in [2.75, 3.05) is 0 Å². The molecule has 2 aromatic heterocycles. The number of fused-ring (bicyclic) bond motifs is 1. The van der Waals surface area contributed by atoms with E-state index in [1.807, 2.05) is 12.1 Å². The molecule has 0 aliphatic carbocycles. The molecule has 0 aliphatic heterocycles. The first-order valence-corrected chi connectivity index (χ1v) is 6.29. The standard InChI is InChI=1S/C14H11NOS/c16-9-12-8-11(4-6-15-12)13-3-1-2-10-5-7-17-14(10)13/h1-8,16H,9H2. The number of hydrogen-bond donors (Lipinski definition) is 1. The maximum Gasteiger partial charge on any atom is 0.0853 e. The molecule has 0 aliphatic rings. The van der Waals surface area contributed by atoms with E-state index in [1.165, 1.54) is 15.6 Å². The third-order valence-corrected chi connectivity index (χ3v) is 3.73. The molecule has 0 atom stereocenters. The van der Waals surface area contributed by atoms with Gasteiger partial charge < -0.3 is 5.11 Å². The van der Waals surface area contributed by atoms with Crippen molar-refractivity contribution in [3.05, 3.63) is 53.7 Å². The predicted octanol–water partition coefficient (Wildman–Crippen LogP) is 3.46. The van der Waals surface area contributed by atoms with E-state index in [-0.39, 0.29) is 6.61 Å². The Morgan fingerprint density at radius 1 is 1.18 bits per heavy atom. The Kier molecular flexibility index (Phi) is 2.63. The molecule has 2 heterocycles. The van der Waals surface area contributed by atoms with E-state index in [9.17, 15) is 0 Å². The summed E-state index contributed by atoms with van der Waals surface area (Å²) in [6.07, 6.45) is 1.74. The number of benzene rings is 1. The summed E-state index contributed by atoms with van der Waals surface area (Å²) in [5.74, 6) is 0. The minimum atomic E-state index is -0.0196. The number of pyridine rings is 1. The van der Waals surface area contributed by atoms with Crippen LogP contribution in [0.2, 0.25) is 0 Å². The number of thiophene rings is 1. The van der Waals surface area contributed by atoms with Crippen molar-refractivity contribution in [1.29, 1.82) is 0 Å². The number of hydrogen-bond acceptors (Lipinski definition) is 3. The van der Waals surface area contributed by atoms with Gasteiger partial charge in [0.25, 0.3) is 0 Å². The molecule has 3 aromatic rings. The van der Waals surface area contributed by atoms with Crippen LogP contribution in [0.5, 0.6) is 0 Å². The van der Waals surface area contributed by atoms with Crippen LogP contribution in [-0.2, 0) is 6.61 Å². The normalized spacial score (nSPS) is 10.9. The largest absolute Gasteiger partial charge is 0.390 e. The quantitative estimate of drug-likeness (QED) is 0.745. The van der Waals surface area contributed by atoms with Gasteiger partial charge in [0, 0.05) is 10.9 Å². The van der Waals surface area contributed by atoms with Crippen LogP contribution in [0.25, 0.3) is 21.2 Å². The van der Waals surface area contributed by atoms with E-state index in [1.54, 1.807) is 17.5 Å². The molecule has 0 spiro atoms. The highest BCUT2D eigenvalue weighted by atomic mass is 32.1. The lowest BCUT2D eigenvalue weighted by Crippen LogP contribution is -1.89. The van der Waals surface area contributed by atoms with Crippen LogP contribution < -0.4 is 0 Å². The molecule has 17 heavy (non-hydrogen) atoms. The van der Waals surface area contributed by atoms with Gasteiger partial charge in [-0.2, -0.15) is 0 Å². The van der Waals surface area contributed by atoms with Crippen molar-refractivity contribution in [3.8, 4) is 11.1 Å². The summed E-state index contributed by atoms with van der Waals surface area (Å²) in [6, 6.07) is 12.3. The Bertz CT molecular complexity index is 660. The summed E-state index contributed by atoms with van der Waals surface area (Å²) in [4.78, 5) is 4.10. The Morgan fingerprint density at radius 2 is 2.12 bits per heavy atom. The summed E-state index contributed by atoms with van der Waals surface area (Å²) in [6.45, 7) is -0.0196. The number of aliphatic hydroxyl groups is 1. The second-order valence-electron chi connectivity index (χ2n) is 3.84. The van der Waals surface area contributed by atoms with Gasteiger partial charge in [0.2, 0.25) is 0 Å². The summed E-state index contributed by atoms with van der Waals surface area (Å²) in [7, 11) is 0. The highest BCUT2D eigenvalue weighted by molar-refractivity contribution is 7.17. The fourth-order valence-electron chi connectivity index (χ4n) is 1.95. The molecular formula is C14H11NOS. The summed E-state index contributed by atoms with van der Waals surface area (Å²) in [5, 5.41) is 12.5. The molecule has 0 fully saturated rings. The zero-order valence-corrected chi connectivity index (χ0v) is 9.95. The summed E-state index contributed by atoms with van der Waals surface area (Å²) in [5.41, 5.74) is 3.02. The lowest BCUT2D eigenvalue weighted by molar-refractivity contribution is 0.277. The van der Waals surface area contributed by atoms with Crippen molar-refractivity contribution in [2.45, 2.75) is 6.61 Å². The van der Waals surface area contributed by atoms with Gasteiger partial charge in [-0.3, -0.25) is 4.98 Å². The van der Waals surface area contributed by atoms with Crippen LogP contribution in [0.15, 0.2) is 48.0 Å². The third-order valence-electron chi connectivity index (χ3n) is 2.77. The fraction of sp³-hybridized carbons (Fsp3) is 0.0714. The molecule has 2 nitrogen and oxygen atoms in total. The minimum Gasteiger partial charge on any atom is -0.390 e. The van der Waals surface area contributed by atoms with Crippen LogP contribution >= 0.6 is 11.3 Å². The second kappa shape index (κ2) is 4.28. The molecule has 0 bridgehead atoms. The van der Waals surface area contributed by atoms with Crippen molar-refractivity contribution >= 4 is 21.4 Å². The van der Waals surface area contributed by atoms with E-state index in [0.717, 1.165) is 5.56 Å². The van der Waals surface area contributed by atoms with Gasteiger partial charge in [-0.15, -0.1) is 11.3 Å². The van der Waals surface area contributed by atoms with Gasteiger partial charge in [-0.05, 0) is 40.1 Å². The maximum atomic E-state index is 9.12. The molecule has 3 rings (SSSR count). The highest BCUT2D eigenvalue weighted by Gasteiger charge is 2.05. The molecule has 84 valence electrons. The third kappa shape index (κ3) is 1.84. The first kappa shape index (κ1) is 10.4. The molecule has 1 aromatic carbocycles. The van der Waals surface area contributed by atoms with Crippen molar-refractivity contribution in [1.82, 2.24) is 4.98 Å². The summed E-state index contributed by atoms with van der Waals surface area (Å²) < 4.78 is 1.28. The van der Waals surface area contributed by atoms with Crippen LogP contribution in [0.1, 0.15) is 5.69 Å². The molecular weight excluding hydrogens is 230 g/mol. The Balaban J connectivity index is 2.23. The first-order valence-electron chi connectivity index (χ1n) is 5.41. The second-order valence-corrected chi connectivity index (χ2v) is 4.75. The van der Waals surface area contributed by atoms with Gasteiger partial charge in [-0.25, -0.2) is 0 Å². The van der Waals surface area contributed by atoms with Gasteiger partial charge in [0.1, 0.15) is 0 Å². The van der Waals surface area contributed by atoms with Gasteiger partial charge in [0.15, 0.2) is 0 Å². The smallest absolute Gasteiger partial charge is 0.0853 e. The average Bonchev–Trinajstić information content (AvgIpc) is 2.87. The number of aliphatic hydroxyl groups excluding tert-OH is 1. The van der Waals surface area contributed by atoms with E-state index in [4.69, 9.17) is 5.11 Å². The number of rotatable bonds is 2. The Morgan fingerprint density at radius 3 is 3.00 bits per heavy atom. The zero-order valence-electron chi connectivity index (χ0n) is 9.13. The van der Waals surface area contributed by atoms with Crippen molar-refractivity contribution in [2.24, 2.45) is 0 Å². The lowest BCUT2D eigenvalue weighted by Gasteiger charge is -2.04. The highest BCUT2D eigenvalue weighted by Crippen LogP contribution is 2.32. The number of aromatic nitrogens is 1. The Hall–Kier alpha value is -1.71. The van der Waals surface area contributed by atoms with Gasteiger partial charge in [0.05, 0.1) is 12.3 Å². The molecule has 0 radical (unpaired) electrons. The van der Waals surface area contributed by atoms with Crippen LogP contribution in [0.4, 0.5) is 0 Å². The Labute approximate surface area is 103 Å². The first-order chi connectivity index (χ1) is 8.38. The van der Waals surface area contributed by atoms with E-state index < -0.39 is 0 Å². The summed E-state index contributed by atoms with van der Waals surface area (Å²) >= 11 is 1.74. The lowest BCUT2D eigenvalue weighted by atomic mass is 10.0. The van der Waals surface area contributed by atoms with E-state index >= 15 is 0 Å². The number of nitrogens with zero attached hydrogens (tertiary/aromatic N) is 1. The minimum absolute atomic E-state index is 0.0196. The van der Waals surface area contributed by atoms with E-state index in [2.05, 4.69) is 34.6 Å². The molecule has 3 heteroatoms. The van der Waals surface area contributed by atoms with Gasteiger partial charge in [-0.1, -0.05) is 18.2 Å². The monoisotopic (exact) mass is 241 g/mol. The van der Waals surface area contributed by atoms with Crippen LogP contribution in [0.3, 0.4) is 0 Å². The molecule has 1 N–H and O–H groups in total. The van der Waals surface area contributed by atoms with Crippen molar-refractivity contribution < 1.29 is 5.11 Å². The predicted molar refractivity (Wildman–Crippen MR) is 71.0 cm³/mol. The molecule has 0 unspecified atom stereocenters. The SMILES string of the molecule is OCc1cc(-c2cccc3ccsc23)ccn1. The maximum absolute atomic E-state index is 9.12. The van der Waals surface area contributed by atoms with Crippen molar-refractivity contribution in [3.63, 3.8) is 0 Å². The average molecular weight is 241 g/mol. The molecule has 0 amide bonds. The topological polar surface area (TPSA) is 33.1 Å².